The van der Waals surface area contributed by atoms with Crippen molar-refractivity contribution in [1.29, 1.82) is 0 Å². The lowest BCUT2D eigenvalue weighted by molar-refractivity contribution is 0.302. The number of nitrogens with zero attached hydrogens (tertiary/aromatic N) is 3. The van der Waals surface area contributed by atoms with Crippen LogP contribution in [0.4, 0.5) is 4.39 Å². The zero-order chi connectivity index (χ0) is 17.4. The SMILES string of the molecule is O=c1c(=O)n(C2CCC2)ccn1Cc1cc(-c2cccc(F)c2)on1. The molecule has 3 aromatic rings. The maximum absolute atomic E-state index is 13.3. The predicted octanol–water partition coefficient (Wildman–Crippen LogP) is 2.58. The molecule has 0 radical (unpaired) electrons. The highest BCUT2D eigenvalue weighted by atomic mass is 19.1. The summed E-state index contributed by atoms with van der Waals surface area (Å²) in [5.41, 5.74) is -0.0422. The molecule has 25 heavy (non-hydrogen) atoms. The summed E-state index contributed by atoms with van der Waals surface area (Å²) >= 11 is 0. The topological polar surface area (TPSA) is 70.0 Å². The van der Waals surface area contributed by atoms with Gasteiger partial charge in [0.25, 0.3) is 0 Å². The molecular weight excluding hydrogens is 325 g/mol. The summed E-state index contributed by atoms with van der Waals surface area (Å²) in [6.45, 7) is 0.123. The van der Waals surface area contributed by atoms with Crippen LogP contribution in [0.5, 0.6) is 0 Å². The van der Waals surface area contributed by atoms with Crippen LogP contribution < -0.4 is 11.1 Å². The quantitative estimate of drug-likeness (QED) is 0.684. The van der Waals surface area contributed by atoms with E-state index >= 15 is 0 Å². The minimum absolute atomic E-state index is 0.123. The van der Waals surface area contributed by atoms with Gasteiger partial charge in [0.1, 0.15) is 11.5 Å². The summed E-state index contributed by atoms with van der Waals surface area (Å²) < 4.78 is 21.3. The summed E-state index contributed by atoms with van der Waals surface area (Å²) in [7, 11) is 0. The van der Waals surface area contributed by atoms with Crippen LogP contribution in [0.3, 0.4) is 0 Å². The largest absolute Gasteiger partial charge is 0.356 e. The Hall–Kier alpha value is -2.96. The molecule has 0 unspecified atom stereocenters. The van der Waals surface area contributed by atoms with Crippen LogP contribution in [0.25, 0.3) is 11.3 Å². The number of hydrogen-bond donors (Lipinski definition) is 0. The molecule has 6 nitrogen and oxygen atoms in total. The van der Waals surface area contributed by atoms with Gasteiger partial charge >= 0.3 is 11.1 Å². The van der Waals surface area contributed by atoms with Crippen molar-refractivity contribution >= 4 is 0 Å². The van der Waals surface area contributed by atoms with Crippen LogP contribution in [-0.2, 0) is 6.54 Å². The van der Waals surface area contributed by atoms with E-state index in [1.165, 1.54) is 21.3 Å². The smallest absolute Gasteiger partial charge is 0.316 e. The first-order valence-corrected chi connectivity index (χ1v) is 8.15. The third-order valence-electron chi connectivity index (χ3n) is 4.55. The summed E-state index contributed by atoms with van der Waals surface area (Å²) in [4.78, 5) is 24.5. The summed E-state index contributed by atoms with van der Waals surface area (Å²) in [6, 6.07) is 7.75. The Kier molecular flexibility index (Phi) is 3.83. The van der Waals surface area contributed by atoms with Crippen molar-refractivity contribution in [2.24, 2.45) is 0 Å². The maximum Gasteiger partial charge on any atom is 0.316 e. The zero-order valence-corrected chi connectivity index (χ0v) is 13.4. The highest BCUT2D eigenvalue weighted by Gasteiger charge is 2.21. The van der Waals surface area contributed by atoms with Crippen LogP contribution in [0.2, 0.25) is 0 Å². The third kappa shape index (κ3) is 2.93. The van der Waals surface area contributed by atoms with Crippen LogP contribution in [0.1, 0.15) is 31.0 Å². The number of hydrogen-bond acceptors (Lipinski definition) is 4. The van der Waals surface area contributed by atoms with Gasteiger partial charge in [0.15, 0.2) is 5.76 Å². The second-order valence-electron chi connectivity index (χ2n) is 6.22. The van der Waals surface area contributed by atoms with Crippen molar-refractivity contribution in [3.05, 3.63) is 74.9 Å². The van der Waals surface area contributed by atoms with E-state index in [4.69, 9.17) is 4.52 Å². The fraction of sp³-hybridized carbons (Fsp3) is 0.278. The van der Waals surface area contributed by atoms with Crippen molar-refractivity contribution in [2.45, 2.75) is 31.8 Å². The van der Waals surface area contributed by atoms with Gasteiger partial charge in [0, 0.05) is 30.1 Å². The van der Waals surface area contributed by atoms with Crippen LogP contribution in [0.15, 0.2) is 56.8 Å². The number of benzene rings is 1. The van der Waals surface area contributed by atoms with Gasteiger partial charge < -0.3 is 13.7 Å². The lowest BCUT2D eigenvalue weighted by atomic mass is 9.93. The van der Waals surface area contributed by atoms with Gasteiger partial charge in [-0.3, -0.25) is 9.59 Å². The maximum atomic E-state index is 13.3. The van der Waals surface area contributed by atoms with E-state index in [0.717, 1.165) is 19.3 Å². The molecule has 7 heteroatoms. The van der Waals surface area contributed by atoms with Gasteiger partial charge in [-0.25, -0.2) is 4.39 Å². The zero-order valence-electron chi connectivity index (χ0n) is 13.4. The molecule has 0 N–H and O–H groups in total. The molecule has 2 aromatic heterocycles. The van der Waals surface area contributed by atoms with Crippen LogP contribution in [0, 0.1) is 5.82 Å². The van der Waals surface area contributed by atoms with Gasteiger partial charge in [-0.2, -0.15) is 0 Å². The Balaban J connectivity index is 1.60. The minimum Gasteiger partial charge on any atom is -0.356 e. The van der Waals surface area contributed by atoms with Gasteiger partial charge in [-0.05, 0) is 31.4 Å². The van der Waals surface area contributed by atoms with E-state index in [1.54, 1.807) is 30.6 Å². The molecule has 2 heterocycles. The third-order valence-corrected chi connectivity index (χ3v) is 4.55. The molecule has 0 bridgehead atoms. The van der Waals surface area contributed by atoms with E-state index in [2.05, 4.69) is 5.16 Å². The number of halogens is 1. The van der Waals surface area contributed by atoms with Crippen LogP contribution >= 0.6 is 0 Å². The lowest BCUT2D eigenvalue weighted by Crippen LogP contribution is -2.43. The van der Waals surface area contributed by atoms with Gasteiger partial charge in [-0.1, -0.05) is 17.3 Å². The first-order chi connectivity index (χ1) is 12.1. The molecule has 1 fully saturated rings. The molecule has 0 spiro atoms. The Morgan fingerprint density at radius 2 is 2.00 bits per heavy atom. The molecule has 1 aliphatic carbocycles. The Morgan fingerprint density at radius 3 is 2.72 bits per heavy atom. The van der Waals surface area contributed by atoms with Gasteiger partial charge in [-0.15, -0.1) is 0 Å². The van der Waals surface area contributed by atoms with Crippen molar-refractivity contribution < 1.29 is 8.91 Å². The van der Waals surface area contributed by atoms with Crippen LogP contribution in [-0.4, -0.2) is 14.3 Å². The normalized spacial score (nSPS) is 14.4. The minimum atomic E-state index is -0.579. The fourth-order valence-corrected chi connectivity index (χ4v) is 2.94. The van der Waals surface area contributed by atoms with E-state index in [-0.39, 0.29) is 18.4 Å². The Labute approximate surface area is 142 Å². The fourth-order valence-electron chi connectivity index (χ4n) is 2.94. The second kappa shape index (κ2) is 6.16. The summed E-state index contributed by atoms with van der Waals surface area (Å²) in [5.74, 6) is 0.0385. The lowest BCUT2D eigenvalue weighted by Gasteiger charge is -2.27. The first kappa shape index (κ1) is 15.6. The molecule has 0 aliphatic heterocycles. The van der Waals surface area contributed by atoms with E-state index < -0.39 is 11.1 Å². The molecular formula is C18H16FN3O3. The number of aromatic nitrogens is 3. The first-order valence-electron chi connectivity index (χ1n) is 8.15. The standard InChI is InChI=1S/C18H16FN3O3/c19-13-4-1-3-12(9-13)16-10-14(20-25-16)11-21-7-8-22(15-5-2-6-15)18(24)17(21)23/h1,3-4,7-10,15H,2,5-6,11H2. The Morgan fingerprint density at radius 1 is 1.16 bits per heavy atom. The summed E-state index contributed by atoms with van der Waals surface area (Å²) in [6.07, 6.45) is 6.20. The average Bonchev–Trinajstić information content (AvgIpc) is 3.01. The molecule has 0 saturated heterocycles. The molecule has 1 aliphatic rings. The molecule has 0 amide bonds. The molecule has 1 saturated carbocycles. The molecule has 0 atom stereocenters. The van der Waals surface area contributed by atoms with Crippen molar-refractivity contribution in [3.8, 4) is 11.3 Å². The predicted molar refractivity (Wildman–Crippen MR) is 88.8 cm³/mol. The van der Waals surface area contributed by atoms with E-state index in [9.17, 15) is 14.0 Å². The van der Waals surface area contributed by atoms with Gasteiger partial charge in [0.2, 0.25) is 0 Å². The highest BCUT2D eigenvalue weighted by Crippen LogP contribution is 2.29. The van der Waals surface area contributed by atoms with E-state index in [0.29, 0.717) is 17.0 Å². The Bertz CT molecular complexity index is 1030. The molecule has 128 valence electrons. The highest BCUT2D eigenvalue weighted by molar-refractivity contribution is 5.57. The molecule has 1 aromatic carbocycles. The van der Waals surface area contributed by atoms with E-state index in [1.807, 2.05) is 0 Å². The van der Waals surface area contributed by atoms with Crippen molar-refractivity contribution in [2.75, 3.05) is 0 Å². The monoisotopic (exact) mass is 341 g/mol. The second-order valence-corrected chi connectivity index (χ2v) is 6.22. The van der Waals surface area contributed by atoms with Gasteiger partial charge in [0.05, 0.1) is 6.54 Å². The average molecular weight is 341 g/mol. The van der Waals surface area contributed by atoms with Crippen molar-refractivity contribution in [1.82, 2.24) is 14.3 Å². The van der Waals surface area contributed by atoms with Crippen molar-refractivity contribution in [3.63, 3.8) is 0 Å². The number of rotatable bonds is 4. The summed E-state index contributed by atoms with van der Waals surface area (Å²) in [5, 5.41) is 3.91. The molecule has 4 rings (SSSR count).